The zero-order valence-electron chi connectivity index (χ0n) is 42.3. The lowest BCUT2D eigenvalue weighted by Gasteiger charge is -2.43. The molecule has 2 aliphatic rings. The normalized spacial score (nSPS) is 23.8. The van der Waals surface area contributed by atoms with Gasteiger partial charge in [-0.1, -0.05) is 88.2 Å². The molecule has 2 heterocycles. The van der Waals surface area contributed by atoms with Gasteiger partial charge in [-0.25, -0.2) is 4.79 Å². The van der Waals surface area contributed by atoms with E-state index in [9.17, 15) is 58.8 Å². The fourth-order valence-electron chi connectivity index (χ4n) is 8.86. The van der Waals surface area contributed by atoms with Crippen LogP contribution in [0, 0.1) is 5.92 Å². The van der Waals surface area contributed by atoms with Crippen molar-refractivity contribution in [2.24, 2.45) is 5.92 Å². The Labute approximate surface area is 429 Å². The van der Waals surface area contributed by atoms with Gasteiger partial charge in [-0.3, -0.25) is 38.4 Å². The number of benzene rings is 3. The van der Waals surface area contributed by atoms with Crippen molar-refractivity contribution in [3.63, 3.8) is 0 Å². The van der Waals surface area contributed by atoms with Gasteiger partial charge in [0.1, 0.15) is 66.1 Å². The van der Waals surface area contributed by atoms with Gasteiger partial charge in [-0.15, -0.1) is 0 Å². The van der Waals surface area contributed by atoms with Crippen molar-refractivity contribution in [1.82, 2.24) is 36.4 Å². The summed E-state index contributed by atoms with van der Waals surface area (Å²) in [6.45, 7) is 6.40. The third-order valence-corrected chi connectivity index (χ3v) is 13.2. The molecule has 3 aromatic rings. The molecular weight excluding hydrogens is 959 g/mol. The first-order valence-electron chi connectivity index (χ1n) is 25.0. The average molecular weight is 1030 g/mol. The Morgan fingerprint density at radius 2 is 1.32 bits per heavy atom. The lowest BCUT2D eigenvalue weighted by Crippen LogP contribution is -2.65. The number of carbonyl (C=O) groups excluding carboxylic acids is 8. The number of unbranched alkanes of at least 4 members (excludes halogenated alkanes) is 2. The van der Waals surface area contributed by atoms with E-state index in [4.69, 9.17) is 4.74 Å². The molecule has 7 amide bonds. The molecule has 2 aliphatic heterocycles. The molecule has 2 saturated heterocycles. The Bertz CT molecular complexity index is 2460. The number of nitrogens with one attached hydrogen (secondary N) is 5. The predicted molar refractivity (Wildman–Crippen MR) is 267 cm³/mol. The first-order chi connectivity index (χ1) is 35.2. The lowest BCUT2D eigenvalue weighted by molar-refractivity contribution is -0.165. The number of amides is 7. The van der Waals surface area contributed by atoms with Crippen molar-refractivity contribution in [2.45, 2.75) is 153 Å². The van der Waals surface area contributed by atoms with Crippen LogP contribution in [0.15, 0.2) is 78.9 Å². The molecule has 0 saturated carbocycles. The van der Waals surface area contributed by atoms with Crippen LogP contribution in [0.5, 0.6) is 11.5 Å². The summed E-state index contributed by atoms with van der Waals surface area (Å²) in [7, 11) is 1.34. The number of likely N-dealkylation sites (N-methyl/N-ethyl adjacent to an activating group) is 1. The van der Waals surface area contributed by atoms with Gasteiger partial charge in [0, 0.05) is 39.2 Å². The fraction of sp³-hybridized carbons (Fsp3) is 0.491. The Hall–Kier alpha value is -7.55. The molecule has 21 nitrogen and oxygen atoms in total. The van der Waals surface area contributed by atoms with E-state index in [0.29, 0.717) is 29.5 Å². The lowest BCUT2D eigenvalue weighted by atomic mass is 9.95. The molecule has 400 valence electrons. The number of piperidine rings is 1. The molecule has 5 rings (SSSR count). The van der Waals surface area contributed by atoms with Gasteiger partial charge in [0.2, 0.25) is 41.4 Å². The molecule has 1 unspecified atom stereocenters. The number of phenolic OH excluding ortho intramolecular Hbond substituents is 2. The number of aliphatic carboxylic acids is 1. The number of aromatic hydroxyl groups is 2. The second-order valence-corrected chi connectivity index (χ2v) is 19.2. The Morgan fingerprint density at radius 3 is 1.92 bits per heavy atom. The van der Waals surface area contributed by atoms with Crippen LogP contribution in [-0.4, -0.2) is 145 Å². The smallest absolute Gasteiger partial charge is 0.329 e. The summed E-state index contributed by atoms with van der Waals surface area (Å²) in [5.41, 5.74) is 1.49. The SMILES string of the molecule is CCCCCC(=O)N[C@@H](CCC(=O)O)C(=O)N[C@@H]1C(=O)N[C@@H](Cc2ccc(O)cc2)C(=O)N[C@H]2CC[C@@H](O)N(C2=O)[C@@H](Cc2ccccc2)C(=O)N(C)[C@@H](Cc2ccc(O)cc2)C(=O)NC(C(C)C)C(=O)O[C@@H]1C. The highest BCUT2D eigenvalue weighted by Crippen LogP contribution is 2.26. The first-order valence-corrected chi connectivity index (χ1v) is 25.0. The predicted octanol–water partition coefficient (Wildman–Crippen LogP) is 1.73. The molecule has 0 aromatic heterocycles. The summed E-state index contributed by atoms with van der Waals surface area (Å²) in [4.78, 5) is 129. The number of fused-ring (bicyclic) bond motifs is 2. The number of ether oxygens (including phenoxy) is 1. The molecule has 2 bridgehead atoms. The van der Waals surface area contributed by atoms with E-state index in [1.165, 1.54) is 62.5 Å². The standard InChI is InChI=1S/C53H69N7O14/c1-6-7-9-14-42(63)54-37(24-26-44(65)66)47(67)58-46-31(4)74-53(73)45(30(2)3)57-49(69)40(28-34-17-21-36(62)22-18-34)59(5)52(72)41(29-32-12-10-8-11-13-32)60-43(64)25-23-38(51(60)71)55-48(68)39(56-50(46)70)27-33-15-19-35(61)20-16-33/h8,10-13,15-22,30-31,37-41,43,45-46,61-62,64H,6-7,9,14,23-29H2,1-5H3,(H,54,63)(H,55,68)(H,56,70)(H,57,69)(H,58,67)(H,65,66)/t31-,37+,38+,39+,40+,41+,43-,45?,46+/m1/s1. The monoisotopic (exact) mass is 1030 g/mol. The fourth-order valence-corrected chi connectivity index (χ4v) is 8.86. The van der Waals surface area contributed by atoms with E-state index >= 15 is 4.79 Å². The number of phenols is 2. The third-order valence-electron chi connectivity index (χ3n) is 13.2. The summed E-state index contributed by atoms with van der Waals surface area (Å²) in [5, 5.41) is 54.4. The summed E-state index contributed by atoms with van der Waals surface area (Å²) in [5.74, 6) is -9.31. The van der Waals surface area contributed by atoms with Crippen LogP contribution in [0.2, 0.25) is 0 Å². The minimum absolute atomic E-state index is 0.0205. The van der Waals surface area contributed by atoms with Crippen LogP contribution in [0.25, 0.3) is 0 Å². The van der Waals surface area contributed by atoms with Crippen LogP contribution in [0.3, 0.4) is 0 Å². The second-order valence-electron chi connectivity index (χ2n) is 19.2. The highest BCUT2D eigenvalue weighted by molar-refractivity contribution is 5.98. The Balaban J connectivity index is 1.64. The largest absolute Gasteiger partial charge is 0.508 e. The average Bonchev–Trinajstić information content (AvgIpc) is 3.36. The maximum Gasteiger partial charge on any atom is 0.329 e. The van der Waals surface area contributed by atoms with E-state index in [-0.39, 0.29) is 50.0 Å². The van der Waals surface area contributed by atoms with E-state index in [0.717, 1.165) is 16.2 Å². The molecule has 9 atom stereocenters. The topological polar surface area (TPSA) is 310 Å². The molecule has 9 N–H and O–H groups in total. The van der Waals surface area contributed by atoms with E-state index in [1.807, 2.05) is 6.92 Å². The molecule has 3 aromatic carbocycles. The highest BCUT2D eigenvalue weighted by atomic mass is 16.5. The number of esters is 1. The van der Waals surface area contributed by atoms with Gasteiger partial charge in [-0.2, -0.15) is 0 Å². The van der Waals surface area contributed by atoms with Gasteiger partial charge in [0.05, 0.1) is 0 Å². The van der Waals surface area contributed by atoms with Crippen LogP contribution >= 0.6 is 0 Å². The molecule has 0 radical (unpaired) electrons. The Morgan fingerprint density at radius 1 is 0.730 bits per heavy atom. The van der Waals surface area contributed by atoms with Crippen molar-refractivity contribution in [1.29, 1.82) is 0 Å². The van der Waals surface area contributed by atoms with Crippen molar-refractivity contribution in [3.8, 4) is 11.5 Å². The number of carbonyl (C=O) groups is 9. The van der Waals surface area contributed by atoms with E-state index in [1.54, 1.807) is 44.2 Å². The van der Waals surface area contributed by atoms with Gasteiger partial charge in [0.15, 0.2) is 0 Å². The second kappa shape index (κ2) is 26.9. The minimum Gasteiger partial charge on any atom is -0.508 e. The van der Waals surface area contributed by atoms with Gasteiger partial charge in [-0.05, 0) is 79.5 Å². The number of carboxylic acid groups (broad SMARTS) is 1. The quantitative estimate of drug-likeness (QED) is 0.0688. The van der Waals surface area contributed by atoms with E-state index < -0.39 is 127 Å². The molecule has 2 fully saturated rings. The number of carboxylic acids is 1. The number of nitrogens with zero attached hydrogens (tertiary/aromatic N) is 2. The molecule has 0 spiro atoms. The van der Waals surface area contributed by atoms with Gasteiger partial charge in [0.25, 0.3) is 0 Å². The number of cyclic esters (lactones) is 1. The molecular formula is C53H69N7O14. The maximum absolute atomic E-state index is 15.1. The number of rotatable bonds is 17. The third kappa shape index (κ3) is 16.0. The summed E-state index contributed by atoms with van der Waals surface area (Å²) >= 11 is 0. The number of hydrogen-bond acceptors (Lipinski definition) is 13. The molecule has 21 heteroatoms. The zero-order valence-corrected chi connectivity index (χ0v) is 42.3. The molecule has 0 aliphatic carbocycles. The van der Waals surface area contributed by atoms with Crippen molar-refractivity contribution >= 4 is 53.3 Å². The first kappa shape index (κ1) is 57.4. The van der Waals surface area contributed by atoms with Crippen molar-refractivity contribution in [3.05, 3.63) is 95.6 Å². The highest BCUT2D eigenvalue weighted by Gasteiger charge is 2.46. The summed E-state index contributed by atoms with van der Waals surface area (Å²) in [6, 6.07) is 9.53. The number of aliphatic hydroxyl groups excluding tert-OH is 1. The summed E-state index contributed by atoms with van der Waals surface area (Å²) in [6.07, 6.45) is -2.92. The van der Waals surface area contributed by atoms with Crippen molar-refractivity contribution in [2.75, 3.05) is 7.05 Å². The Kier molecular flexibility index (Phi) is 20.9. The number of aliphatic hydroxyl groups is 1. The maximum atomic E-state index is 15.1. The van der Waals surface area contributed by atoms with Crippen LogP contribution < -0.4 is 26.6 Å². The van der Waals surface area contributed by atoms with Gasteiger partial charge < -0.3 is 61.5 Å². The zero-order chi connectivity index (χ0) is 54.2. The van der Waals surface area contributed by atoms with Crippen molar-refractivity contribution < 1.29 is 68.3 Å². The van der Waals surface area contributed by atoms with Gasteiger partial charge >= 0.3 is 11.9 Å². The van der Waals surface area contributed by atoms with Crippen LogP contribution in [-0.2, 0) is 67.2 Å². The van der Waals surface area contributed by atoms with Crippen LogP contribution in [0.1, 0.15) is 95.8 Å². The number of hydrogen-bond donors (Lipinski definition) is 9. The molecule has 74 heavy (non-hydrogen) atoms. The summed E-state index contributed by atoms with van der Waals surface area (Å²) < 4.78 is 5.89. The van der Waals surface area contributed by atoms with E-state index in [2.05, 4.69) is 26.6 Å². The van der Waals surface area contributed by atoms with Crippen LogP contribution in [0.4, 0.5) is 0 Å². The minimum atomic E-state index is -1.86.